The molecule has 98 valence electrons. The third kappa shape index (κ3) is 2.41. The first kappa shape index (κ1) is 12.4. The van der Waals surface area contributed by atoms with E-state index in [2.05, 4.69) is 0 Å². The standard InChI is InChI=1S/C18H13FO/c19-15-9-5-13(6-10-15)7-11-17-16-4-2-1-3-14(16)8-12-18(17)20/h1-12,20H. The SMILES string of the molecule is Oc1ccc2ccccc2c1C=Cc1ccc(F)cc1. The van der Waals surface area contributed by atoms with Crippen LogP contribution in [0.2, 0.25) is 0 Å². The van der Waals surface area contributed by atoms with Crippen molar-refractivity contribution in [2.75, 3.05) is 0 Å². The molecule has 1 nitrogen and oxygen atoms in total. The zero-order valence-corrected chi connectivity index (χ0v) is 10.8. The van der Waals surface area contributed by atoms with Gasteiger partial charge in [0.1, 0.15) is 11.6 Å². The van der Waals surface area contributed by atoms with Crippen LogP contribution in [0.15, 0.2) is 60.7 Å². The molecule has 0 radical (unpaired) electrons. The summed E-state index contributed by atoms with van der Waals surface area (Å²) in [7, 11) is 0. The predicted octanol–water partition coefficient (Wildman–Crippen LogP) is 4.85. The van der Waals surface area contributed by atoms with Gasteiger partial charge in [0, 0.05) is 5.56 Å². The molecule has 3 aromatic rings. The van der Waals surface area contributed by atoms with Gasteiger partial charge in [-0.25, -0.2) is 4.39 Å². The van der Waals surface area contributed by atoms with Crippen LogP contribution in [0.4, 0.5) is 4.39 Å². The summed E-state index contributed by atoms with van der Waals surface area (Å²) in [5, 5.41) is 12.1. The van der Waals surface area contributed by atoms with E-state index in [0.717, 1.165) is 21.9 Å². The molecule has 1 N–H and O–H groups in total. The molecule has 3 aromatic carbocycles. The highest BCUT2D eigenvalue weighted by Crippen LogP contribution is 2.28. The van der Waals surface area contributed by atoms with Gasteiger partial charge in [0.2, 0.25) is 0 Å². The number of fused-ring (bicyclic) bond motifs is 1. The Morgan fingerprint density at radius 2 is 1.55 bits per heavy atom. The Balaban J connectivity index is 2.06. The zero-order valence-electron chi connectivity index (χ0n) is 10.8. The van der Waals surface area contributed by atoms with Gasteiger partial charge in [-0.15, -0.1) is 0 Å². The minimum absolute atomic E-state index is 0.238. The fraction of sp³-hybridized carbons (Fsp3) is 0. The van der Waals surface area contributed by atoms with Gasteiger partial charge in [0.25, 0.3) is 0 Å². The van der Waals surface area contributed by atoms with E-state index in [0.29, 0.717) is 0 Å². The van der Waals surface area contributed by atoms with Crippen LogP contribution < -0.4 is 0 Å². The monoisotopic (exact) mass is 264 g/mol. The Labute approximate surface area is 116 Å². The van der Waals surface area contributed by atoms with E-state index in [9.17, 15) is 9.50 Å². The molecule has 2 heteroatoms. The molecule has 0 aliphatic heterocycles. The topological polar surface area (TPSA) is 20.2 Å². The van der Waals surface area contributed by atoms with Crippen LogP contribution >= 0.6 is 0 Å². The first-order valence-electron chi connectivity index (χ1n) is 6.38. The molecule has 0 aliphatic carbocycles. The molecule has 3 rings (SSSR count). The molecule has 0 unspecified atom stereocenters. The van der Waals surface area contributed by atoms with Crippen LogP contribution in [-0.2, 0) is 0 Å². The number of phenols is 1. The van der Waals surface area contributed by atoms with Crippen molar-refractivity contribution in [3.05, 3.63) is 77.6 Å². The average Bonchev–Trinajstić information content (AvgIpc) is 2.48. The first-order valence-corrected chi connectivity index (χ1v) is 6.38. The molecular weight excluding hydrogens is 251 g/mol. The summed E-state index contributed by atoms with van der Waals surface area (Å²) in [5.74, 6) is -0.0165. The molecule has 0 bridgehead atoms. The lowest BCUT2D eigenvalue weighted by Gasteiger charge is -2.05. The van der Waals surface area contributed by atoms with E-state index >= 15 is 0 Å². The summed E-state index contributed by atoms with van der Waals surface area (Å²) in [6.07, 6.45) is 3.71. The summed E-state index contributed by atoms with van der Waals surface area (Å²) in [6, 6.07) is 17.7. The van der Waals surface area contributed by atoms with Crippen LogP contribution in [-0.4, -0.2) is 5.11 Å². The number of aromatic hydroxyl groups is 1. The fourth-order valence-corrected chi connectivity index (χ4v) is 2.21. The highest BCUT2D eigenvalue weighted by Gasteiger charge is 2.03. The Kier molecular flexibility index (Phi) is 3.21. The third-order valence-corrected chi connectivity index (χ3v) is 3.26. The Morgan fingerprint density at radius 3 is 2.35 bits per heavy atom. The predicted molar refractivity (Wildman–Crippen MR) is 80.9 cm³/mol. The van der Waals surface area contributed by atoms with Gasteiger partial charge < -0.3 is 5.11 Å². The van der Waals surface area contributed by atoms with Gasteiger partial charge in [-0.05, 0) is 34.5 Å². The van der Waals surface area contributed by atoms with E-state index in [1.54, 1.807) is 18.2 Å². The number of phenolic OH excluding ortho intramolecular Hbond substituents is 1. The molecule has 0 heterocycles. The number of hydrogen-bond donors (Lipinski definition) is 1. The minimum Gasteiger partial charge on any atom is -0.507 e. The van der Waals surface area contributed by atoms with Crippen molar-refractivity contribution in [1.82, 2.24) is 0 Å². The maximum absolute atomic E-state index is 12.9. The highest BCUT2D eigenvalue weighted by atomic mass is 19.1. The van der Waals surface area contributed by atoms with Gasteiger partial charge >= 0.3 is 0 Å². The van der Waals surface area contributed by atoms with Crippen molar-refractivity contribution in [3.63, 3.8) is 0 Å². The molecule has 0 saturated carbocycles. The Hall–Kier alpha value is -2.61. The van der Waals surface area contributed by atoms with Gasteiger partial charge in [0.15, 0.2) is 0 Å². The van der Waals surface area contributed by atoms with Crippen LogP contribution in [0.5, 0.6) is 5.75 Å². The summed E-state index contributed by atoms with van der Waals surface area (Å²) >= 11 is 0. The van der Waals surface area contributed by atoms with Crippen molar-refractivity contribution in [2.45, 2.75) is 0 Å². The van der Waals surface area contributed by atoms with E-state index in [1.165, 1.54) is 12.1 Å². The molecule has 0 aromatic heterocycles. The van der Waals surface area contributed by atoms with Crippen LogP contribution in [0.3, 0.4) is 0 Å². The Bertz CT molecular complexity index is 773. The first-order chi connectivity index (χ1) is 9.74. The lowest BCUT2D eigenvalue weighted by molar-refractivity contribution is 0.475. The second kappa shape index (κ2) is 5.17. The molecule has 0 amide bonds. The van der Waals surface area contributed by atoms with E-state index < -0.39 is 0 Å². The molecule has 0 saturated heterocycles. The van der Waals surface area contributed by atoms with Gasteiger partial charge in [-0.1, -0.05) is 54.6 Å². The molecular formula is C18H13FO. The van der Waals surface area contributed by atoms with Crippen LogP contribution in [0.25, 0.3) is 22.9 Å². The largest absolute Gasteiger partial charge is 0.507 e. The minimum atomic E-state index is -0.254. The molecule has 0 atom stereocenters. The van der Waals surface area contributed by atoms with Gasteiger partial charge in [-0.2, -0.15) is 0 Å². The second-order valence-electron chi connectivity index (χ2n) is 4.60. The maximum atomic E-state index is 12.9. The fourth-order valence-electron chi connectivity index (χ4n) is 2.21. The average molecular weight is 264 g/mol. The summed E-state index contributed by atoms with van der Waals surface area (Å²) < 4.78 is 12.9. The second-order valence-corrected chi connectivity index (χ2v) is 4.60. The quantitative estimate of drug-likeness (QED) is 0.656. The third-order valence-electron chi connectivity index (χ3n) is 3.26. The van der Waals surface area contributed by atoms with Crippen LogP contribution in [0.1, 0.15) is 11.1 Å². The van der Waals surface area contributed by atoms with Crippen molar-refractivity contribution >= 4 is 22.9 Å². The molecule has 20 heavy (non-hydrogen) atoms. The summed E-state index contributed by atoms with van der Waals surface area (Å²) in [4.78, 5) is 0. The normalized spacial score (nSPS) is 11.2. The molecule has 0 fully saturated rings. The highest BCUT2D eigenvalue weighted by molar-refractivity contribution is 5.95. The van der Waals surface area contributed by atoms with E-state index in [1.807, 2.05) is 42.5 Å². The lowest BCUT2D eigenvalue weighted by Crippen LogP contribution is -1.80. The van der Waals surface area contributed by atoms with Crippen molar-refractivity contribution in [3.8, 4) is 5.75 Å². The summed E-state index contributed by atoms with van der Waals surface area (Å²) in [6.45, 7) is 0. The van der Waals surface area contributed by atoms with Gasteiger partial charge in [0.05, 0.1) is 0 Å². The van der Waals surface area contributed by atoms with Crippen LogP contribution in [0, 0.1) is 5.82 Å². The van der Waals surface area contributed by atoms with E-state index in [-0.39, 0.29) is 11.6 Å². The van der Waals surface area contributed by atoms with E-state index in [4.69, 9.17) is 0 Å². The van der Waals surface area contributed by atoms with Crippen molar-refractivity contribution in [2.24, 2.45) is 0 Å². The number of hydrogen-bond acceptors (Lipinski definition) is 1. The van der Waals surface area contributed by atoms with Crippen molar-refractivity contribution in [1.29, 1.82) is 0 Å². The molecule has 0 aliphatic rings. The maximum Gasteiger partial charge on any atom is 0.123 e. The Morgan fingerprint density at radius 1 is 0.800 bits per heavy atom. The zero-order chi connectivity index (χ0) is 13.9. The smallest absolute Gasteiger partial charge is 0.123 e. The number of benzene rings is 3. The number of rotatable bonds is 2. The lowest BCUT2D eigenvalue weighted by atomic mass is 10.0. The molecule has 0 spiro atoms. The van der Waals surface area contributed by atoms with Crippen molar-refractivity contribution < 1.29 is 9.50 Å². The number of halogens is 1. The van der Waals surface area contributed by atoms with Gasteiger partial charge in [-0.3, -0.25) is 0 Å². The summed E-state index contributed by atoms with van der Waals surface area (Å²) in [5.41, 5.74) is 1.66.